The van der Waals surface area contributed by atoms with Crippen molar-refractivity contribution in [1.82, 2.24) is 0 Å². The van der Waals surface area contributed by atoms with E-state index in [9.17, 15) is 19.5 Å². The van der Waals surface area contributed by atoms with E-state index < -0.39 is 17.0 Å². The first-order chi connectivity index (χ1) is 13.9. The van der Waals surface area contributed by atoms with Crippen LogP contribution in [0.1, 0.15) is 72.6 Å². The van der Waals surface area contributed by atoms with Gasteiger partial charge in [-0.15, -0.1) is 0 Å². The quantitative estimate of drug-likeness (QED) is 0.483. The molecule has 0 unspecified atom stereocenters. The van der Waals surface area contributed by atoms with Crippen molar-refractivity contribution in [1.29, 1.82) is 0 Å². The number of esters is 1. The van der Waals surface area contributed by atoms with E-state index in [-0.39, 0.29) is 34.5 Å². The number of carbonyl (C=O) groups excluding carboxylic acids is 3. The van der Waals surface area contributed by atoms with Gasteiger partial charge in [0.05, 0.1) is 4.83 Å². The lowest BCUT2D eigenvalue weighted by atomic mass is 9.44. The molecule has 0 aromatic rings. The number of aliphatic hydroxyl groups is 1. The molecule has 0 bridgehead atoms. The maximum Gasteiger partial charge on any atom is 0.303 e. The van der Waals surface area contributed by atoms with E-state index >= 15 is 0 Å². The number of rotatable bonds is 3. The van der Waals surface area contributed by atoms with Gasteiger partial charge < -0.3 is 9.84 Å². The van der Waals surface area contributed by atoms with Crippen LogP contribution in [-0.2, 0) is 19.1 Å². The van der Waals surface area contributed by atoms with E-state index in [1.807, 2.05) is 6.92 Å². The number of hydrogen-bond donors (Lipinski definition) is 1. The molecule has 30 heavy (non-hydrogen) atoms. The van der Waals surface area contributed by atoms with Gasteiger partial charge in [-0.2, -0.15) is 0 Å². The van der Waals surface area contributed by atoms with Crippen LogP contribution in [0.2, 0.25) is 0 Å². The van der Waals surface area contributed by atoms with Gasteiger partial charge in [-0.05, 0) is 73.5 Å². The van der Waals surface area contributed by atoms with Crippen molar-refractivity contribution in [2.75, 3.05) is 6.61 Å². The molecule has 4 aliphatic carbocycles. The second-order valence-corrected chi connectivity index (χ2v) is 12.2. The molecule has 1 N–H and O–H groups in total. The molecule has 0 aromatic carbocycles. The van der Waals surface area contributed by atoms with Crippen molar-refractivity contribution in [3.63, 3.8) is 0 Å². The first-order valence-electron chi connectivity index (χ1n) is 11.5. The zero-order valence-corrected chi connectivity index (χ0v) is 20.2. The number of carbonyl (C=O) groups is 3. The van der Waals surface area contributed by atoms with Crippen molar-refractivity contribution in [2.24, 2.45) is 40.4 Å². The van der Waals surface area contributed by atoms with E-state index in [0.29, 0.717) is 30.0 Å². The second-order valence-electron chi connectivity index (χ2n) is 11.1. The first-order valence-corrected chi connectivity index (χ1v) is 12.4. The Kier molecular flexibility index (Phi) is 5.53. The highest BCUT2D eigenvalue weighted by Crippen LogP contribution is 2.69. The Morgan fingerprint density at radius 2 is 1.90 bits per heavy atom. The Labute approximate surface area is 187 Å². The van der Waals surface area contributed by atoms with Gasteiger partial charge in [-0.1, -0.05) is 36.7 Å². The Morgan fingerprint density at radius 1 is 1.20 bits per heavy atom. The van der Waals surface area contributed by atoms with Gasteiger partial charge in [0, 0.05) is 18.8 Å². The molecule has 4 aliphatic rings. The summed E-state index contributed by atoms with van der Waals surface area (Å²) in [5, 5.41) is 11.8. The third kappa shape index (κ3) is 2.99. The zero-order valence-electron chi connectivity index (χ0n) is 18.6. The second kappa shape index (κ2) is 7.40. The van der Waals surface area contributed by atoms with E-state index in [2.05, 4.69) is 29.8 Å². The number of halogens is 1. The molecule has 0 saturated heterocycles. The average molecular weight is 483 g/mol. The highest BCUT2D eigenvalue weighted by Gasteiger charge is 2.69. The van der Waals surface area contributed by atoms with Crippen LogP contribution in [0.5, 0.6) is 0 Å². The minimum atomic E-state index is -1.45. The number of ketones is 2. The number of alkyl halides is 1. The van der Waals surface area contributed by atoms with Crippen LogP contribution in [0.25, 0.3) is 0 Å². The molecule has 0 radical (unpaired) electrons. The summed E-state index contributed by atoms with van der Waals surface area (Å²) in [4.78, 5) is 36.6. The van der Waals surface area contributed by atoms with Gasteiger partial charge in [0.1, 0.15) is 11.4 Å². The van der Waals surface area contributed by atoms with E-state index in [0.717, 1.165) is 38.5 Å². The molecule has 5 nitrogen and oxygen atoms in total. The predicted molar refractivity (Wildman–Crippen MR) is 116 cm³/mol. The summed E-state index contributed by atoms with van der Waals surface area (Å²) in [5.41, 5.74) is -1.80. The molecule has 4 rings (SSSR count). The normalized spacial score (nSPS) is 50.3. The summed E-state index contributed by atoms with van der Waals surface area (Å²) in [7, 11) is 0. The number of hydrogen-bond acceptors (Lipinski definition) is 5. The number of Topliss-reactive ketones (excluding diaryl/α,β-unsaturated/α-hetero) is 2. The van der Waals surface area contributed by atoms with Crippen LogP contribution >= 0.6 is 15.9 Å². The maximum atomic E-state index is 13.1. The molecule has 0 heterocycles. The number of fused-ring (bicyclic) bond motifs is 5. The SMILES string of the molecule is CC(=O)OCC(=O)[C@@]1(O)[C@H](C)C[C@H]2[C@@H]3CC[C@H]4CC(=O)[C@H](Br)C[C@]4(C)[C@@H]3CC[C@@]21C. The van der Waals surface area contributed by atoms with Gasteiger partial charge in [-0.3, -0.25) is 14.4 Å². The van der Waals surface area contributed by atoms with Gasteiger partial charge in [-0.25, -0.2) is 0 Å². The molecular weight excluding hydrogens is 448 g/mol. The van der Waals surface area contributed by atoms with Crippen LogP contribution in [0.3, 0.4) is 0 Å². The topological polar surface area (TPSA) is 80.7 Å². The monoisotopic (exact) mass is 482 g/mol. The summed E-state index contributed by atoms with van der Waals surface area (Å²) in [6, 6.07) is 0. The molecule has 0 aliphatic heterocycles. The van der Waals surface area contributed by atoms with Crippen molar-refractivity contribution in [3.05, 3.63) is 0 Å². The average Bonchev–Trinajstić information content (AvgIpc) is 2.88. The molecule has 6 heteroatoms. The lowest BCUT2D eigenvalue weighted by molar-refractivity contribution is -0.179. The Balaban J connectivity index is 1.62. The molecule has 0 spiro atoms. The minimum absolute atomic E-state index is 0.0458. The Bertz CT molecular complexity index is 767. The summed E-state index contributed by atoms with van der Waals surface area (Å²) in [6.07, 6.45) is 6.32. The third-order valence-electron chi connectivity index (χ3n) is 9.89. The smallest absolute Gasteiger partial charge is 0.303 e. The number of ether oxygens (including phenoxy) is 1. The molecular formula is C24H35BrO5. The fraction of sp³-hybridized carbons (Fsp3) is 0.875. The minimum Gasteiger partial charge on any atom is -0.458 e. The van der Waals surface area contributed by atoms with Crippen molar-refractivity contribution in [2.45, 2.75) is 83.1 Å². The molecule has 0 aromatic heterocycles. The Morgan fingerprint density at radius 3 is 2.57 bits per heavy atom. The van der Waals surface area contributed by atoms with Gasteiger partial charge in [0.25, 0.3) is 0 Å². The summed E-state index contributed by atoms with van der Waals surface area (Å²) in [6.45, 7) is 7.39. The van der Waals surface area contributed by atoms with Crippen LogP contribution in [0, 0.1) is 40.4 Å². The summed E-state index contributed by atoms with van der Waals surface area (Å²) < 4.78 is 4.98. The highest BCUT2D eigenvalue weighted by molar-refractivity contribution is 9.10. The van der Waals surface area contributed by atoms with Crippen LogP contribution < -0.4 is 0 Å². The standard InChI is InChI=1S/C24H35BrO5/c1-13-9-18-16-6-5-15-10-20(27)19(25)11-22(15,3)17(16)7-8-23(18,4)24(13,29)21(28)12-30-14(2)26/h13,15-19,29H,5-12H2,1-4H3/t13-,15+,16-,17-,18+,19-,22+,23+,24+/m1/s1. The fourth-order valence-corrected chi connectivity index (χ4v) is 9.16. The fourth-order valence-electron chi connectivity index (χ4n) is 8.27. The summed E-state index contributed by atoms with van der Waals surface area (Å²) in [5.74, 6) is 1.07. The predicted octanol–water partition coefficient (Wildman–Crippen LogP) is 4.08. The largest absolute Gasteiger partial charge is 0.458 e. The molecule has 4 saturated carbocycles. The maximum absolute atomic E-state index is 13.1. The van der Waals surface area contributed by atoms with Gasteiger partial charge >= 0.3 is 5.97 Å². The van der Waals surface area contributed by atoms with E-state index in [1.165, 1.54) is 6.92 Å². The van der Waals surface area contributed by atoms with Crippen LogP contribution in [0.15, 0.2) is 0 Å². The van der Waals surface area contributed by atoms with Crippen molar-refractivity contribution in [3.8, 4) is 0 Å². The third-order valence-corrected chi connectivity index (χ3v) is 10.7. The molecule has 4 fully saturated rings. The van der Waals surface area contributed by atoms with Gasteiger partial charge in [0.15, 0.2) is 6.61 Å². The van der Waals surface area contributed by atoms with Crippen molar-refractivity contribution < 1.29 is 24.2 Å². The van der Waals surface area contributed by atoms with Gasteiger partial charge in [0.2, 0.25) is 5.78 Å². The zero-order chi connectivity index (χ0) is 22.1. The molecule has 168 valence electrons. The Hall–Kier alpha value is -0.750. The first kappa shape index (κ1) is 22.4. The van der Waals surface area contributed by atoms with E-state index in [1.54, 1.807) is 0 Å². The highest BCUT2D eigenvalue weighted by atomic mass is 79.9. The lowest BCUT2D eigenvalue weighted by Crippen LogP contribution is -2.61. The van der Waals surface area contributed by atoms with Crippen LogP contribution in [0.4, 0.5) is 0 Å². The van der Waals surface area contributed by atoms with E-state index in [4.69, 9.17) is 4.74 Å². The lowest BCUT2D eigenvalue weighted by Gasteiger charge is -2.61. The van der Waals surface area contributed by atoms with Crippen LogP contribution in [-0.4, -0.2) is 39.7 Å². The van der Waals surface area contributed by atoms with Crippen molar-refractivity contribution >= 4 is 33.5 Å². The molecule has 9 atom stereocenters. The summed E-state index contributed by atoms with van der Waals surface area (Å²) >= 11 is 3.63. The molecule has 0 amide bonds.